The molecule has 0 aromatic heterocycles. The Morgan fingerprint density at radius 3 is 0.846 bits per heavy atom. The highest BCUT2D eigenvalue weighted by Gasteiger charge is 2.19. The van der Waals surface area contributed by atoms with Gasteiger partial charge in [0, 0.05) is 19.3 Å². The van der Waals surface area contributed by atoms with Crippen LogP contribution in [-0.2, 0) is 28.6 Å². The van der Waals surface area contributed by atoms with Crippen molar-refractivity contribution in [2.45, 2.75) is 322 Å². The van der Waals surface area contributed by atoms with Gasteiger partial charge in [-0.25, -0.2) is 0 Å². The summed E-state index contributed by atoms with van der Waals surface area (Å²) in [6.45, 7) is 6.63. The maximum absolute atomic E-state index is 12.8. The largest absolute Gasteiger partial charge is 0.462 e. The number of hydrogen-bond donors (Lipinski definition) is 0. The molecule has 0 heterocycles. The number of carbonyl (C=O) groups excluding carboxylic acids is 3. The molecule has 0 rings (SSSR count). The lowest BCUT2D eigenvalue weighted by atomic mass is 10.0. The van der Waals surface area contributed by atoms with E-state index in [2.05, 4.69) is 45.1 Å². The lowest BCUT2D eigenvalue weighted by molar-refractivity contribution is -0.167. The van der Waals surface area contributed by atoms with Gasteiger partial charge < -0.3 is 14.2 Å². The summed E-state index contributed by atoms with van der Waals surface area (Å²) in [5, 5.41) is 0. The predicted molar refractivity (Wildman–Crippen MR) is 279 cm³/mol. The predicted octanol–water partition coefficient (Wildman–Crippen LogP) is 19.1. The van der Waals surface area contributed by atoms with Gasteiger partial charge in [-0.05, 0) is 51.4 Å². The van der Waals surface area contributed by atoms with Gasteiger partial charge in [0.2, 0.25) is 0 Å². The molecule has 0 saturated heterocycles. The van der Waals surface area contributed by atoms with E-state index in [-0.39, 0.29) is 31.1 Å². The van der Waals surface area contributed by atoms with Crippen molar-refractivity contribution in [2.24, 2.45) is 0 Å². The molecule has 0 spiro atoms. The Labute approximate surface area is 404 Å². The van der Waals surface area contributed by atoms with E-state index in [4.69, 9.17) is 14.2 Å². The molecule has 0 aliphatic carbocycles. The minimum absolute atomic E-state index is 0.0673. The molecule has 0 bridgehead atoms. The standard InChI is InChI=1S/C59H110O6/c1-4-7-10-13-16-18-20-22-24-26-27-28-29-30-31-33-34-36-38-40-43-46-49-52-58(61)64-55-56(54-63-57(60)51-48-45-42-15-12-9-6-3)65-59(62)53-50-47-44-41-39-37-35-32-25-23-21-19-17-14-11-8-5-2/h20,22,26-27,56H,4-19,21,23-25,28-55H2,1-3H3/b22-20-,27-26-. The van der Waals surface area contributed by atoms with Gasteiger partial charge >= 0.3 is 17.9 Å². The summed E-state index contributed by atoms with van der Waals surface area (Å²) >= 11 is 0. The second-order valence-corrected chi connectivity index (χ2v) is 19.6. The number of esters is 3. The van der Waals surface area contributed by atoms with Gasteiger partial charge in [-0.1, -0.05) is 270 Å². The number of rotatable bonds is 53. The van der Waals surface area contributed by atoms with Crippen LogP contribution in [0.2, 0.25) is 0 Å². The number of unbranched alkanes of at least 4 members (excludes halogenated alkanes) is 38. The van der Waals surface area contributed by atoms with Crippen LogP contribution in [0.5, 0.6) is 0 Å². The molecule has 6 heteroatoms. The van der Waals surface area contributed by atoms with E-state index in [1.807, 2.05) is 0 Å². The van der Waals surface area contributed by atoms with Crippen molar-refractivity contribution in [1.29, 1.82) is 0 Å². The van der Waals surface area contributed by atoms with E-state index in [1.54, 1.807) is 0 Å². The van der Waals surface area contributed by atoms with Crippen LogP contribution in [0, 0.1) is 0 Å². The molecule has 1 atom stereocenters. The molecule has 1 unspecified atom stereocenters. The third-order valence-corrected chi connectivity index (χ3v) is 13.0. The fourth-order valence-corrected chi connectivity index (χ4v) is 8.59. The second kappa shape index (κ2) is 54.5. The van der Waals surface area contributed by atoms with E-state index in [0.717, 1.165) is 64.2 Å². The Morgan fingerprint density at radius 1 is 0.308 bits per heavy atom. The minimum Gasteiger partial charge on any atom is -0.462 e. The van der Waals surface area contributed by atoms with Gasteiger partial charge in [-0.3, -0.25) is 14.4 Å². The monoisotopic (exact) mass is 915 g/mol. The van der Waals surface area contributed by atoms with Crippen LogP contribution in [0.25, 0.3) is 0 Å². The topological polar surface area (TPSA) is 78.9 Å². The number of carbonyl (C=O) groups is 3. The zero-order chi connectivity index (χ0) is 47.2. The molecule has 0 N–H and O–H groups in total. The summed E-state index contributed by atoms with van der Waals surface area (Å²) in [7, 11) is 0. The molecule has 65 heavy (non-hydrogen) atoms. The zero-order valence-electron chi connectivity index (χ0n) is 43.8. The quantitative estimate of drug-likeness (QED) is 0.0262. The third-order valence-electron chi connectivity index (χ3n) is 13.0. The van der Waals surface area contributed by atoms with E-state index in [1.165, 1.54) is 212 Å². The average molecular weight is 916 g/mol. The van der Waals surface area contributed by atoms with Crippen molar-refractivity contribution < 1.29 is 28.6 Å². The van der Waals surface area contributed by atoms with Gasteiger partial charge in [0.25, 0.3) is 0 Å². The molecular weight excluding hydrogens is 805 g/mol. The summed E-state index contributed by atoms with van der Waals surface area (Å²) < 4.78 is 16.8. The normalized spacial score (nSPS) is 12.1. The first-order valence-electron chi connectivity index (χ1n) is 28.8. The lowest BCUT2D eigenvalue weighted by Gasteiger charge is -2.18. The van der Waals surface area contributed by atoms with Crippen LogP contribution in [0.3, 0.4) is 0 Å². The maximum Gasteiger partial charge on any atom is 0.306 e. The van der Waals surface area contributed by atoms with E-state index >= 15 is 0 Å². The smallest absolute Gasteiger partial charge is 0.306 e. The molecule has 0 aromatic carbocycles. The van der Waals surface area contributed by atoms with Crippen molar-refractivity contribution in [3.05, 3.63) is 24.3 Å². The van der Waals surface area contributed by atoms with Crippen LogP contribution < -0.4 is 0 Å². The fourth-order valence-electron chi connectivity index (χ4n) is 8.59. The van der Waals surface area contributed by atoms with E-state index < -0.39 is 6.10 Å². The van der Waals surface area contributed by atoms with Crippen molar-refractivity contribution in [3.8, 4) is 0 Å². The first kappa shape index (κ1) is 62.9. The average Bonchev–Trinajstić information content (AvgIpc) is 3.30. The van der Waals surface area contributed by atoms with Crippen molar-refractivity contribution in [1.82, 2.24) is 0 Å². The Hall–Kier alpha value is -2.11. The van der Waals surface area contributed by atoms with Crippen LogP contribution in [0.1, 0.15) is 316 Å². The van der Waals surface area contributed by atoms with Crippen LogP contribution >= 0.6 is 0 Å². The van der Waals surface area contributed by atoms with E-state index in [9.17, 15) is 14.4 Å². The molecule has 0 radical (unpaired) electrons. The van der Waals surface area contributed by atoms with Gasteiger partial charge in [0.15, 0.2) is 6.10 Å². The van der Waals surface area contributed by atoms with Gasteiger partial charge in [0.1, 0.15) is 13.2 Å². The number of allylic oxidation sites excluding steroid dienone is 4. The highest BCUT2D eigenvalue weighted by Crippen LogP contribution is 2.17. The zero-order valence-corrected chi connectivity index (χ0v) is 43.8. The second-order valence-electron chi connectivity index (χ2n) is 19.6. The van der Waals surface area contributed by atoms with Gasteiger partial charge in [-0.2, -0.15) is 0 Å². The number of hydrogen-bond acceptors (Lipinski definition) is 6. The molecule has 6 nitrogen and oxygen atoms in total. The van der Waals surface area contributed by atoms with Crippen LogP contribution in [0.15, 0.2) is 24.3 Å². The Kier molecular flexibility index (Phi) is 52.7. The molecule has 0 aromatic rings. The highest BCUT2D eigenvalue weighted by atomic mass is 16.6. The molecule has 0 aliphatic rings. The summed E-state index contributed by atoms with van der Waals surface area (Å²) in [5.41, 5.74) is 0. The van der Waals surface area contributed by atoms with Crippen LogP contribution in [-0.4, -0.2) is 37.2 Å². The van der Waals surface area contributed by atoms with Crippen LogP contribution in [0.4, 0.5) is 0 Å². The molecule has 0 amide bonds. The lowest BCUT2D eigenvalue weighted by Crippen LogP contribution is -2.30. The summed E-state index contributed by atoms with van der Waals surface area (Å²) in [5.74, 6) is -0.857. The minimum atomic E-state index is -0.765. The molecular formula is C59H110O6. The van der Waals surface area contributed by atoms with E-state index in [0.29, 0.717) is 19.3 Å². The SMILES string of the molecule is CCCCCCC/C=C\C/C=C\CCCCCCCCCCCCCC(=O)OCC(COC(=O)CCCCCCCCC)OC(=O)CCCCCCCCCCCCCCCCCCC. The number of ether oxygens (including phenoxy) is 3. The molecule has 0 aliphatic heterocycles. The molecule has 382 valence electrons. The molecule has 0 saturated carbocycles. The Morgan fingerprint density at radius 2 is 0.554 bits per heavy atom. The Balaban J connectivity index is 4.13. The van der Waals surface area contributed by atoms with Crippen molar-refractivity contribution >= 4 is 17.9 Å². The molecule has 0 fully saturated rings. The first-order chi connectivity index (χ1) is 32.0. The summed E-state index contributed by atoms with van der Waals surface area (Å²) in [6.07, 6.45) is 63.3. The third kappa shape index (κ3) is 52.7. The van der Waals surface area contributed by atoms with Crippen molar-refractivity contribution in [2.75, 3.05) is 13.2 Å². The first-order valence-corrected chi connectivity index (χ1v) is 28.8. The van der Waals surface area contributed by atoms with Gasteiger partial charge in [-0.15, -0.1) is 0 Å². The fraction of sp³-hybridized carbons (Fsp3) is 0.881. The summed E-state index contributed by atoms with van der Waals surface area (Å²) in [4.78, 5) is 37.9. The maximum atomic E-state index is 12.8. The Bertz CT molecular complexity index is 1050. The van der Waals surface area contributed by atoms with Crippen molar-refractivity contribution in [3.63, 3.8) is 0 Å². The highest BCUT2D eigenvalue weighted by molar-refractivity contribution is 5.71. The van der Waals surface area contributed by atoms with Gasteiger partial charge in [0.05, 0.1) is 0 Å². The summed E-state index contributed by atoms with van der Waals surface area (Å²) in [6, 6.07) is 0.